The molecule has 3 aromatic carbocycles. The van der Waals surface area contributed by atoms with Crippen LogP contribution >= 0.6 is 0 Å². The highest BCUT2D eigenvalue weighted by atomic mass is 19.1. The third-order valence-corrected chi connectivity index (χ3v) is 6.88. The summed E-state index contributed by atoms with van der Waals surface area (Å²) in [4.78, 5) is 30.2. The highest BCUT2D eigenvalue weighted by Gasteiger charge is 2.56. The molecule has 6 rings (SSSR count). The first-order chi connectivity index (χ1) is 18.9. The monoisotopic (exact) mass is 521 g/mol. The fraction of sp³-hybridized carbons (Fsp3) is 0.133. The Labute approximate surface area is 223 Å². The maximum Gasteiger partial charge on any atom is 0.240 e. The van der Waals surface area contributed by atoms with Gasteiger partial charge in [0.05, 0.1) is 11.2 Å². The number of amides is 2. The number of hydrogen-bond acceptors (Lipinski definition) is 5. The SMILES string of the molecule is Cn1nccc1-c1ccc2c(Oc3ccc(NC(=O)C4(C(=O)Nc5ccc(F)cc5)CC4)cc3)ccnc2c1. The number of carbonyl (C=O) groups excluding carboxylic acids is 2. The van der Waals surface area contributed by atoms with Gasteiger partial charge in [-0.25, -0.2) is 4.39 Å². The van der Waals surface area contributed by atoms with Crippen LogP contribution in [-0.2, 0) is 16.6 Å². The van der Waals surface area contributed by atoms with Crippen LogP contribution in [0.2, 0.25) is 0 Å². The quantitative estimate of drug-likeness (QED) is 0.259. The number of pyridine rings is 1. The summed E-state index contributed by atoms with van der Waals surface area (Å²) in [6.45, 7) is 0. The van der Waals surface area contributed by atoms with Gasteiger partial charge in [0, 0.05) is 41.8 Å². The number of aryl methyl sites for hydroxylation is 1. The molecule has 2 amide bonds. The summed E-state index contributed by atoms with van der Waals surface area (Å²) in [5, 5.41) is 10.6. The van der Waals surface area contributed by atoms with Gasteiger partial charge in [-0.3, -0.25) is 19.3 Å². The number of fused-ring (bicyclic) bond motifs is 1. The molecule has 2 heterocycles. The van der Waals surface area contributed by atoms with Crippen molar-refractivity contribution in [1.29, 1.82) is 0 Å². The average Bonchev–Trinajstić information content (AvgIpc) is 3.66. The van der Waals surface area contributed by atoms with Gasteiger partial charge in [-0.1, -0.05) is 6.07 Å². The van der Waals surface area contributed by atoms with E-state index in [4.69, 9.17) is 4.74 Å². The van der Waals surface area contributed by atoms with E-state index in [-0.39, 0.29) is 5.91 Å². The average molecular weight is 522 g/mol. The number of anilines is 2. The molecule has 1 aliphatic rings. The molecule has 0 bridgehead atoms. The number of halogens is 1. The molecule has 0 saturated heterocycles. The van der Waals surface area contributed by atoms with Crippen LogP contribution in [0.1, 0.15) is 12.8 Å². The smallest absolute Gasteiger partial charge is 0.240 e. The van der Waals surface area contributed by atoms with Crippen molar-refractivity contribution in [2.75, 3.05) is 10.6 Å². The minimum absolute atomic E-state index is 0.375. The summed E-state index contributed by atoms with van der Waals surface area (Å²) in [6, 6.07) is 22.1. The molecule has 9 heteroatoms. The molecule has 194 valence electrons. The van der Waals surface area contributed by atoms with Crippen molar-refractivity contribution < 1.29 is 18.7 Å². The second kappa shape index (κ2) is 9.68. The normalized spacial score (nSPS) is 13.6. The number of ether oxygens (including phenoxy) is 1. The number of nitrogens with zero attached hydrogens (tertiary/aromatic N) is 3. The van der Waals surface area contributed by atoms with Gasteiger partial charge in [0.1, 0.15) is 22.7 Å². The number of aromatic nitrogens is 3. The van der Waals surface area contributed by atoms with Gasteiger partial charge in [-0.05, 0) is 85.6 Å². The molecule has 1 saturated carbocycles. The maximum absolute atomic E-state index is 13.1. The number of carbonyl (C=O) groups is 2. The largest absolute Gasteiger partial charge is 0.457 e. The molecule has 8 nitrogen and oxygen atoms in total. The Hall–Kier alpha value is -5.05. The molecule has 1 aliphatic carbocycles. The van der Waals surface area contributed by atoms with Crippen LogP contribution in [0.25, 0.3) is 22.2 Å². The van der Waals surface area contributed by atoms with Crippen molar-refractivity contribution in [2.24, 2.45) is 12.5 Å². The Kier molecular flexibility index (Phi) is 6.03. The zero-order valence-corrected chi connectivity index (χ0v) is 21.0. The second-order valence-electron chi connectivity index (χ2n) is 9.50. The van der Waals surface area contributed by atoms with E-state index in [0.717, 1.165) is 22.2 Å². The van der Waals surface area contributed by atoms with Gasteiger partial charge in [0.25, 0.3) is 0 Å². The third-order valence-electron chi connectivity index (χ3n) is 6.88. The lowest BCUT2D eigenvalue weighted by atomic mass is 10.0. The van der Waals surface area contributed by atoms with Crippen LogP contribution < -0.4 is 15.4 Å². The van der Waals surface area contributed by atoms with E-state index in [1.165, 1.54) is 24.3 Å². The van der Waals surface area contributed by atoms with Gasteiger partial charge in [-0.15, -0.1) is 0 Å². The van der Waals surface area contributed by atoms with Gasteiger partial charge in [-0.2, -0.15) is 5.10 Å². The minimum Gasteiger partial charge on any atom is -0.457 e. The molecule has 0 unspecified atom stereocenters. The predicted molar refractivity (Wildman–Crippen MR) is 146 cm³/mol. The van der Waals surface area contributed by atoms with Gasteiger partial charge < -0.3 is 15.4 Å². The second-order valence-corrected chi connectivity index (χ2v) is 9.50. The molecular formula is C30H24FN5O3. The molecule has 2 aromatic heterocycles. The standard InChI is InChI=1S/C30H24FN5O3/c1-36-26(12-17-33-36)19-2-11-24-25(18-19)32-16-13-27(24)39-23-9-7-22(8-10-23)35-29(38)30(14-15-30)28(37)34-21-5-3-20(31)4-6-21/h2-13,16-18H,14-15H2,1H3,(H,34,37)(H,35,38). The first-order valence-corrected chi connectivity index (χ1v) is 12.4. The van der Waals surface area contributed by atoms with E-state index in [0.29, 0.717) is 35.7 Å². The number of nitrogens with one attached hydrogen (secondary N) is 2. The van der Waals surface area contributed by atoms with Crippen molar-refractivity contribution in [3.8, 4) is 22.8 Å². The highest BCUT2D eigenvalue weighted by molar-refractivity contribution is 6.16. The first kappa shape index (κ1) is 24.3. The van der Waals surface area contributed by atoms with E-state index in [2.05, 4.69) is 20.7 Å². The fourth-order valence-corrected chi connectivity index (χ4v) is 4.48. The molecule has 0 aliphatic heterocycles. The number of benzene rings is 3. The molecule has 0 atom stereocenters. The summed E-state index contributed by atoms with van der Waals surface area (Å²) in [7, 11) is 1.89. The van der Waals surface area contributed by atoms with Crippen molar-refractivity contribution in [3.05, 3.63) is 97.1 Å². The van der Waals surface area contributed by atoms with E-state index in [9.17, 15) is 14.0 Å². The van der Waals surface area contributed by atoms with Crippen LogP contribution in [0.4, 0.5) is 15.8 Å². The van der Waals surface area contributed by atoms with Crippen LogP contribution in [0.5, 0.6) is 11.5 Å². The highest BCUT2D eigenvalue weighted by Crippen LogP contribution is 2.47. The van der Waals surface area contributed by atoms with Crippen LogP contribution in [-0.4, -0.2) is 26.6 Å². The van der Waals surface area contributed by atoms with Crippen molar-refractivity contribution in [3.63, 3.8) is 0 Å². The first-order valence-electron chi connectivity index (χ1n) is 12.4. The Morgan fingerprint density at radius 2 is 1.54 bits per heavy atom. The van der Waals surface area contributed by atoms with Crippen LogP contribution in [0.15, 0.2) is 91.3 Å². The van der Waals surface area contributed by atoms with E-state index >= 15 is 0 Å². The predicted octanol–water partition coefficient (Wildman–Crippen LogP) is 5.92. The summed E-state index contributed by atoms with van der Waals surface area (Å²) in [5.74, 6) is 0.0725. The van der Waals surface area contributed by atoms with Crippen LogP contribution in [0, 0.1) is 11.2 Å². The van der Waals surface area contributed by atoms with E-state index < -0.39 is 17.1 Å². The lowest BCUT2D eigenvalue weighted by Crippen LogP contribution is -2.35. The molecule has 1 fully saturated rings. The summed E-state index contributed by atoms with van der Waals surface area (Å²) >= 11 is 0. The molecule has 0 spiro atoms. The van der Waals surface area contributed by atoms with Crippen molar-refractivity contribution >= 4 is 34.1 Å². The van der Waals surface area contributed by atoms with Crippen molar-refractivity contribution in [1.82, 2.24) is 14.8 Å². The maximum atomic E-state index is 13.1. The van der Waals surface area contributed by atoms with Gasteiger partial charge in [0.2, 0.25) is 11.8 Å². The Morgan fingerprint density at radius 1 is 0.872 bits per heavy atom. The van der Waals surface area contributed by atoms with Crippen molar-refractivity contribution in [2.45, 2.75) is 12.8 Å². The topological polar surface area (TPSA) is 98.1 Å². The lowest BCUT2D eigenvalue weighted by molar-refractivity contribution is -0.131. The molecule has 0 radical (unpaired) electrons. The number of hydrogen-bond donors (Lipinski definition) is 2. The Bertz CT molecular complexity index is 1690. The Balaban J connectivity index is 1.13. The zero-order chi connectivity index (χ0) is 27.0. The molecule has 5 aromatic rings. The lowest BCUT2D eigenvalue weighted by Gasteiger charge is -2.16. The Morgan fingerprint density at radius 3 is 2.15 bits per heavy atom. The fourth-order valence-electron chi connectivity index (χ4n) is 4.48. The zero-order valence-electron chi connectivity index (χ0n) is 21.0. The van der Waals surface area contributed by atoms with E-state index in [1.807, 2.05) is 36.0 Å². The third kappa shape index (κ3) is 4.82. The summed E-state index contributed by atoms with van der Waals surface area (Å²) < 4.78 is 21.1. The molecular weight excluding hydrogens is 497 g/mol. The van der Waals surface area contributed by atoms with Gasteiger partial charge in [0.15, 0.2) is 0 Å². The molecule has 2 N–H and O–H groups in total. The van der Waals surface area contributed by atoms with E-state index in [1.54, 1.807) is 42.7 Å². The van der Waals surface area contributed by atoms with Crippen LogP contribution in [0.3, 0.4) is 0 Å². The summed E-state index contributed by atoms with van der Waals surface area (Å²) in [5.41, 5.74) is 2.65. The number of rotatable bonds is 7. The minimum atomic E-state index is -1.13. The molecule has 39 heavy (non-hydrogen) atoms. The van der Waals surface area contributed by atoms with Gasteiger partial charge >= 0.3 is 0 Å². The summed E-state index contributed by atoms with van der Waals surface area (Å²) in [6.07, 6.45) is 4.35.